The van der Waals surface area contributed by atoms with Gasteiger partial charge in [0.25, 0.3) is 11.8 Å². The minimum absolute atomic E-state index is 0.0213. The van der Waals surface area contributed by atoms with Gasteiger partial charge in [0.15, 0.2) is 5.11 Å². The molecule has 0 atom stereocenters. The summed E-state index contributed by atoms with van der Waals surface area (Å²) in [5, 5.41) is 5.88. The van der Waals surface area contributed by atoms with Gasteiger partial charge in [0, 0.05) is 17.6 Å². The number of carbonyl (C=O) groups is 2. The molecule has 182 valence electrons. The molecule has 0 spiro atoms. The smallest absolute Gasteiger partial charge is 0.261 e. The molecule has 0 bridgehead atoms. The minimum Gasteiger partial charge on any atom is -0.493 e. The second-order valence-electron chi connectivity index (χ2n) is 8.83. The van der Waals surface area contributed by atoms with Gasteiger partial charge in [0.1, 0.15) is 5.75 Å². The molecule has 2 aromatic rings. The zero-order valence-corrected chi connectivity index (χ0v) is 22.1. The maximum Gasteiger partial charge on any atom is 0.261 e. The summed E-state index contributed by atoms with van der Waals surface area (Å²) < 4.78 is 6.62. The number of rotatable bonds is 7. The number of amides is 2. The lowest BCUT2D eigenvalue weighted by Crippen LogP contribution is -2.36. The highest BCUT2D eigenvalue weighted by Gasteiger charge is 2.21. The normalized spacial score (nSPS) is 13.8. The lowest BCUT2D eigenvalue weighted by atomic mass is 10.1. The highest BCUT2D eigenvalue weighted by molar-refractivity contribution is 9.10. The molecule has 0 aliphatic carbocycles. The van der Waals surface area contributed by atoms with Gasteiger partial charge in [-0.25, -0.2) is 0 Å². The number of carbonyl (C=O) groups excluding carboxylic acids is 2. The van der Waals surface area contributed by atoms with Crippen molar-refractivity contribution in [2.45, 2.75) is 46.0 Å². The number of nitrogens with one attached hydrogen (secondary N) is 2. The molecule has 1 heterocycles. The predicted octanol–water partition coefficient (Wildman–Crippen LogP) is 6.02. The Bertz CT molecular complexity index is 1020. The Morgan fingerprint density at radius 3 is 2.47 bits per heavy atom. The number of thiocarbonyl (C=S) groups is 1. The number of benzene rings is 2. The third-order valence-corrected chi connectivity index (χ3v) is 6.36. The van der Waals surface area contributed by atoms with E-state index in [1.807, 2.05) is 23.1 Å². The lowest BCUT2D eigenvalue weighted by molar-refractivity contribution is 0.0762. The number of nitrogens with zero attached hydrogens (tertiary/aromatic N) is 1. The fourth-order valence-electron chi connectivity index (χ4n) is 3.76. The van der Waals surface area contributed by atoms with E-state index in [0.29, 0.717) is 35.1 Å². The van der Waals surface area contributed by atoms with Crippen molar-refractivity contribution >= 4 is 50.8 Å². The van der Waals surface area contributed by atoms with Crippen molar-refractivity contribution in [1.29, 1.82) is 0 Å². The molecule has 1 fully saturated rings. The molecule has 1 aliphatic heterocycles. The third kappa shape index (κ3) is 7.53. The average Bonchev–Trinajstić information content (AvgIpc) is 3.09. The number of ether oxygens (including phenoxy) is 1. The van der Waals surface area contributed by atoms with Crippen LogP contribution in [-0.4, -0.2) is 41.5 Å². The van der Waals surface area contributed by atoms with Crippen molar-refractivity contribution in [3.05, 3.63) is 58.1 Å². The number of likely N-dealkylation sites (tertiary alicyclic amines) is 1. The van der Waals surface area contributed by atoms with E-state index in [9.17, 15) is 9.59 Å². The van der Waals surface area contributed by atoms with E-state index in [2.05, 4.69) is 40.4 Å². The molecule has 1 aliphatic rings. The maximum absolute atomic E-state index is 13.2. The summed E-state index contributed by atoms with van der Waals surface area (Å²) in [6, 6.07) is 12.6. The molecule has 34 heavy (non-hydrogen) atoms. The topological polar surface area (TPSA) is 70.7 Å². The molecule has 0 saturated carbocycles. The number of hydrogen-bond acceptors (Lipinski definition) is 4. The van der Waals surface area contributed by atoms with Gasteiger partial charge in [-0.3, -0.25) is 14.9 Å². The van der Waals surface area contributed by atoms with E-state index in [1.54, 1.807) is 24.3 Å². The van der Waals surface area contributed by atoms with Crippen LogP contribution < -0.4 is 15.4 Å². The van der Waals surface area contributed by atoms with Crippen LogP contribution >= 0.6 is 28.1 Å². The number of para-hydroxylation sites is 1. The Balaban J connectivity index is 1.69. The van der Waals surface area contributed by atoms with E-state index in [0.717, 1.165) is 49.7 Å². The second kappa shape index (κ2) is 12.9. The van der Waals surface area contributed by atoms with Crippen molar-refractivity contribution in [2.75, 3.05) is 25.0 Å². The fraction of sp³-hybridized carbons (Fsp3) is 0.423. The van der Waals surface area contributed by atoms with E-state index in [-0.39, 0.29) is 16.9 Å². The van der Waals surface area contributed by atoms with Gasteiger partial charge in [-0.2, -0.15) is 0 Å². The number of halogens is 1. The van der Waals surface area contributed by atoms with Crippen molar-refractivity contribution < 1.29 is 14.3 Å². The molecule has 3 rings (SSSR count). The summed E-state index contributed by atoms with van der Waals surface area (Å²) >= 11 is 8.83. The molecular formula is C26H32BrN3O3S. The highest BCUT2D eigenvalue weighted by atomic mass is 79.9. The first-order valence-electron chi connectivity index (χ1n) is 11.8. The third-order valence-electron chi connectivity index (χ3n) is 5.67. The SMILES string of the molecule is CC(C)CCOc1ccc(Br)cc1C(=O)NC(=S)Nc1ccccc1C(=O)N1CCCCCC1. The summed E-state index contributed by atoms with van der Waals surface area (Å²) in [5.74, 6) is 0.601. The molecule has 0 radical (unpaired) electrons. The second-order valence-corrected chi connectivity index (χ2v) is 10.2. The van der Waals surface area contributed by atoms with Crippen LogP contribution in [0.15, 0.2) is 46.9 Å². The van der Waals surface area contributed by atoms with E-state index >= 15 is 0 Å². The molecule has 0 unspecified atom stereocenters. The monoisotopic (exact) mass is 545 g/mol. The molecule has 6 nitrogen and oxygen atoms in total. The first-order chi connectivity index (χ1) is 16.3. The Morgan fingerprint density at radius 1 is 1.06 bits per heavy atom. The van der Waals surface area contributed by atoms with Crippen LogP contribution in [0.25, 0.3) is 0 Å². The van der Waals surface area contributed by atoms with Gasteiger partial charge < -0.3 is 15.0 Å². The Kier molecular flexibility index (Phi) is 9.89. The van der Waals surface area contributed by atoms with Crippen LogP contribution in [0.3, 0.4) is 0 Å². The van der Waals surface area contributed by atoms with Crippen LogP contribution in [0.1, 0.15) is 66.7 Å². The maximum atomic E-state index is 13.2. The van der Waals surface area contributed by atoms with E-state index < -0.39 is 0 Å². The quantitative estimate of drug-likeness (QED) is 0.416. The van der Waals surface area contributed by atoms with Crippen LogP contribution in [-0.2, 0) is 0 Å². The standard InChI is InChI=1S/C26H32BrN3O3S/c1-18(2)13-16-33-23-12-11-19(27)17-21(23)24(31)29-26(34)28-22-10-6-5-9-20(22)25(32)30-14-7-3-4-8-15-30/h5-6,9-12,17-18H,3-4,7-8,13-16H2,1-2H3,(H2,28,29,31,34). The number of anilines is 1. The molecule has 1 saturated heterocycles. The molecule has 2 amide bonds. The predicted molar refractivity (Wildman–Crippen MR) is 144 cm³/mol. The summed E-state index contributed by atoms with van der Waals surface area (Å²) in [4.78, 5) is 28.1. The highest BCUT2D eigenvalue weighted by Crippen LogP contribution is 2.24. The Morgan fingerprint density at radius 2 is 1.76 bits per heavy atom. The van der Waals surface area contributed by atoms with Crippen molar-refractivity contribution in [3.63, 3.8) is 0 Å². The van der Waals surface area contributed by atoms with Gasteiger partial charge in [-0.1, -0.05) is 54.8 Å². The van der Waals surface area contributed by atoms with E-state index in [1.165, 1.54) is 0 Å². The fourth-order valence-corrected chi connectivity index (χ4v) is 4.32. The van der Waals surface area contributed by atoms with Crippen molar-refractivity contribution in [1.82, 2.24) is 10.2 Å². The first kappa shape index (κ1) is 26.2. The van der Waals surface area contributed by atoms with Gasteiger partial charge >= 0.3 is 0 Å². The van der Waals surface area contributed by atoms with Crippen molar-refractivity contribution in [3.8, 4) is 5.75 Å². The first-order valence-corrected chi connectivity index (χ1v) is 13.0. The molecular weight excluding hydrogens is 514 g/mol. The summed E-state index contributed by atoms with van der Waals surface area (Å²) in [5.41, 5.74) is 1.50. The minimum atomic E-state index is -0.380. The largest absolute Gasteiger partial charge is 0.493 e. The lowest BCUT2D eigenvalue weighted by Gasteiger charge is -2.22. The molecule has 8 heteroatoms. The van der Waals surface area contributed by atoms with Gasteiger partial charge in [0.05, 0.1) is 23.4 Å². The zero-order valence-electron chi connectivity index (χ0n) is 19.7. The molecule has 2 N–H and O–H groups in total. The van der Waals surface area contributed by atoms with Crippen molar-refractivity contribution in [2.24, 2.45) is 5.92 Å². The summed E-state index contributed by atoms with van der Waals surface area (Å²) in [6.07, 6.45) is 5.23. The summed E-state index contributed by atoms with van der Waals surface area (Å²) in [7, 11) is 0. The van der Waals surface area contributed by atoms with Gasteiger partial charge in [-0.05, 0) is 67.7 Å². The van der Waals surface area contributed by atoms with Crippen LogP contribution in [0.4, 0.5) is 5.69 Å². The Hall–Kier alpha value is -2.45. The summed E-state index contributed by atoms with van der Waals surface area (Å²) in [6.45, 7) is 6.29. The van der Waals surface area contributed by atoms with Crippen LogP contribution in [0.2, 0.25) is 0 Å². The number of hydrogen-bond donors (Lipinski definition) is 2. The molecule has 2 aromatic carbocycles. The van der Waals surface area contributed by atoms with Gasteiger partial charge in [-0.15, -0.1) is 0 Å². The van der Waals surface area contributed by atoms with Crippen LogP contribution in [0, 0.1) is 5.92 Å². The molecule has 0 aromatic heterocycles. The Labute approximate surface area is 215 Å². The van der Waals surface area contributed by atoms with E-state index in [4.69, 9.17) is 17.0 Å². The zero-order chi connectivity index (χ0) is 24.5. The van der Waals surface area contributed by atoms with Gasteiger partial charge in [0.2, 0.25) is 0 Å². The van der Waals surface area contributed by atoms with Crippen LogP contribution in [0.5, 0.6) is 5.75 Å². The average molecular weight is 547 g/mol.